The van der Waals surface area contributed by atoms with Gasteiger partial charge in [0.15, 0.2) is 11.5 Å². The molecule has 1 aromatic heterocycles. The minimum atomic E-state index is -3.81. The third-order valence-electron chi connectivity index (χ3n) is 1.79. The molecule has 0 fully saturated rings. The Bertz CT molecular complexity index is 404. The quantitative estimate of drug-likeness (QED) is 0.464. The number of hydrogen-bond donors (Lipinski definition) is 2. The van der Waals surface area contributed by atoms with E-state index < -0.39 is 24.1 Å². The molecule has 0 aliphatic rings. The second-order valence-corrected chi connectivity index (χ2v) is 3.00. The second kappa shape index (κ2) is 4.80. The molecule has 0 atom stereocenters. The van der Waals surface area contributed by atoms with E-state index in [0.29, 0.717) is 6.08 Å². The molecule has 86 valence electrons. The molecule has 0 aliphatic carbocycles. The number of rotatable bonds is 4. The smallest absolute Gasteiger partial charge is 0.326 e. The lowest BCUT2D eigenvalue weighted by atomic mass is 10.1. The number of alkyl halides is 2. The van der Waals surface area contributed by atoms with Crippen LogP contribution in [0.5, 0.6) is 0 Å². The minimum Gasteiger partial charge on any atom is -0.506 e. The van der Waals surface area contributed by atoms with Gasteiger partial charge in [-0.2, -0.15) is 8.78 Å². The molecule has 6 heteroatoms. The first-order chi connectivity index (χ1) is 7.47. The van der Waals surface area contributed by atoms with Crippen molar-refractivity contribution in [3.8, 4) is 0 Å². The van der Waals surface area contributed by atoms with E-state index in [-0.39, 0.29) is 5.56 Å². The Morgan fingerprint density at radius 1 is 1.56 bits per heavy atom. The van der Waals surface area contributed by atoms with Crippen LogP contribution in [0.3, 0.4) is 0 Å². The number of ketones is 1. The molecule has 0 spiro atoms. The summed E-state index contributed by atoms with van der Waals surface area (Å²) in [5.74, 6) is -6.08. The fraction of sp³-hybridized carbons (Fsp3) is 0.200. The van der Waals surface area contributed by atoms with Crippen LogP contribution in [0.2, 0.25) is 0 Å². The Hall–Kier alpha value is -1.82. The molecule has 1 rings (SSSR count). The van der Waals surface area contributed by atoms with Crippen molar-refractivity contribution in [2.24, 2.45) is 0 Å². The van der Waals surface area contributed by atoms with Gasteiger partial charge in [-0.25, -0.2) is 0 Å². The molecular formula is C10H9F2NO3. The van der Waals surface area contributed by atoms with Crippen LogP contribution in [0.25, 0.3) is 0 Å². The molecule has 0 bridgehead atoms. The van der Waals surface area contributed by atoms with Crippen molar-refractivity contribution >= 4 is 5.78 Å². The Labute approximate surface area is 89.9 Å². The number of aromatic nitrogens is 1. The molecule has 0 aromatic carbocycles. The van der Waals surface area contributed by atoms with Gasteiger partial charge < -0.3 is 10.2 Å². The zero-order valence-corrected chi connectivity index (χ0v) is 8.10. The van der Waals surface area contributed by atoms with Crippen molar-refractivity contribution in [2.75, 3.05) is 6.61 Å². The van der Waals surface area contributed by atoms with Gasteiger partial charge in [-0.15, -0.1) is 0 Å². The van der Waals surface area contributed by atoms with Crippen molar-refractivity contribution in [3.05, 3.63) is 41.9 Å². The number of allylic oxidation sites excluding steroid dienone is 1. The van der Waals surface area contributed by atoms with Crippen LogP contribution >= 0.6 is 0 Å². The molecular weight excluding hydrogens is 220 g/mol. The molecule has 4 nitrogen and oxygen atoms in total. The van der Waals surface area contributed by atoms with E-state index in [0.717, 1.165) is 0 Å². The van der Waals surface area contributed by atoms with E-state index in [1.807, 2.05) is 0 Å². The third-order valence-corrected chi connectivity index (χ3v) is 1.79. The van der Waals surface area contributed by atoms with Gasteiger partial charge in [0.1, 0.15) is 6.61 Å². The highest BCUT2D eigenvalue weighted by Gasteiger charge is 2.34. The maximum Gasteiger partial charge on any atom is 0.326 e. The average molecular weight is 229 g/mol. The summed E-state index contributed by atoms with van der Waals surface area (Å²) in [5, 5.41) is 17.2. The summed E-state index contributed by atoms with van der Waals surface area (Å²) in [6.07, 6.45) is 2.97. The maximum absolute atomic E-state index is 12.7. The Balaban J connectivity index is 2.90. The third kappa shape index (κ3) is 2.83. The fourth-order valence-corrected chi connectivity index (χ4v) is 0.903. The topological polar surface area (TPSA) is 70.4 Å². The molecule has 0 amide bonds. The monoisotopic (exact) mass is 229 g/mol. The summed E-state index contributed by atoms with van der Waals surface area (Å²) in [7, 11) is 0. The first kappa shape index (κ1) is 12.3. The van der Waals surface area contributed by atoms with Crippen LogP contribution in [-0.4, -0.2) is 33.5 Å². The van der Waals surface area contributed by atoms with E-state index in [4.69, 9.17) is 10.2 Å². The molecule has 2 N–H and O–H groups in total. The van der Waals surface area contributed by atoms with Gasteiger partial charge in [-0.3, -0.25) is 9.78 Å². The number of carbonyl (C=O) groups excluding carboxylic acids is 1. The van der Waals surface area contributed by atoms with Gasteiger partial charge in [-0.1, -0.05) is 0 Å². The van der Waals surface area contributed by atoms with Crippen molar-refractivity contribution < 1.29 is 23.8 Å². The summed E-state index contributed by atoms with van der Waals surface area (Å²) in [4.78, 5) is 15.0. The van der Waals surface area contributed by atoms with Crippen molar-refractivity contribution in [1.29, 1.82) is 0 Å². The van der Waals surface area contributed by atoms with E-state index >= 15 is 0 Å². The predicted molar refractivity (Wildman–Crippen MR) is 51.3 cm³/mol. The summed E-state index contributed by atoms with van der Waals surface area (Å²) in [6, 6.07) is 2.83. The van der Waals surface area contributed by atoms with Gasteiger partial charge in [0.2, 0.25) is 0 Å². The molecule has 0 saturated carbocycles. The molecule has 1 aromatic rings. The van der Waals surface area contributed by atoms with Gasteiger partial charge in [-0.05, 0) is 12.1 Å². The Morgan fingerprint density at radius 3 is 2.75 bits per heavy atom. The van der Waals surface area contributed by atoms with Crippen LogP contribution in [0, 0.1) is 0 Å². The number of aliphatic hydroxyl groups is 2. The van der Waals surface area contributed by atoms with Crippen molar-refractivity contribution in [3.63, 3.8) is 0 Å². The lowest BCUT2D eigenvalue weighted by Crippen LogP contribution is -2.24. The number of carbonyl (C=O) groups is 1. The van der Waals surface area contributed by atoms with E-state index in [2.05, 4.69) is 4.98 Å². The number of aliphatic hydroxyl groups excluding tert-OH is 2. The highest BCUT2D eigenvalue weighted by Crippen LogP contribution is 2.21. The van der Waals surface area contributed by atoms with Gasteiger partial charge in [0, 0.05) is 24.0 Å². The molecule has 0 aliphatic heterocycles. The van der Waals surface area contributed by atoms with Gasteiger partial charge in [0.25, 0.3) is 0 Å². The first-order valence-corrected chi connectivity index (χ1v) is 4.31. The van der Waals surface area contributed by atoms with Crippen LogP contribution < -0.4 is 0 Å². The summed E-state index contributed by atoms with van der Waals surface area (Å²) in [6.45, 7) is -1.56. The average Bonchev–Trinajstić information content (AvgIpc) is 2.30. The van der Waals surface area contributed by atoms with Crippen molar-refractivity contribution in [2.45, 2.75) is 5.92 Å². The zero-order valence-electron chi connectivity index (χ0n) is 8.10. The summed E-state index contributed by atoms with van der Waals surface area (Å²) in [5.41, 5.74) is 0.0720. The van der Waals surface area contributed by atoms with Crippen LogP contribution in [0.1, 0.15) is 10.4 Å². The van der Waals surface area contributed by atoms with E-state index in [1.54, 1.807) is 0 Å². The molecule has 0 unspecified atom stereocenters. The normalized spacial score (nSPS) is 12.6. The largest absolute Gasteiger partial charge is 0.506 e. The summed E-state index contributed by atoms with van der Waals surface area (Å²) < 4.78 is 25.4. The first-order valence-electron chi connectivity index (χ1n) is 4.31. The van der Waals surface area contributed by atoms with Crippen LogP contribution in [0.4, 0.5) is 8.78 Å². The van der Waals surface area contributed by atoms with Crippen LogP contribution in [0.15, 0.2) is 36.4 Å². The van der Waals surface area contributed by atoms with Crippen molar-refractivity contribution in [1.82, 2.24) is 4.98 Å². The lowest BCUT2D eigenvalue weighted by molar-refractivity contribution is -0.0467. The standard InChI is InChI=1S/C10H9F2NO3/c11-10(12,6-14)9(16)4-8(15)7-2-1-3-13-5-7/h1-5,14,16H,6H2/b9-4-. The predicted octanol–water partition coefficient (Wildman–Crippen LogP) is 1.33. The number of pyridine rings is 1. The lowest BCUT2D eigenvalue weighted by Gasteiger charge is -2.11. The number of halogens is 2. The fourth-order valence-electron chi connectivity index (χ4n) is 0.903. The van der Waals surface area contributed by atoms with Gasteiger partial charge in [0.05, 0.1) is 0 Å². The molecule has 1 heterocycles. The zero-order chi connectivity index (χ0) is 12.2. The Morgan fingerprint density at radius 2 is 2.25 bits per heavy atom. The van der Waals surface area contributed by atoms with E-state index in [9.17, 15) is 13.6 Å². The molecule has 0 saturated heterocycles. The maximum atomic E-state index is 12.7. The number of hydrogen-bond acceptors (Lipinski definition) is 4. The SMILES string of the molecule is O=C(/C=C(\O)C(F)(F)CO)c1cccnc1. The number of nitrogens with zero attached hydrogens (tertiary/aromatic N) is 1. The van der Waals surface area contributed by atoms with Crippen LogP contribution in [-0.2, 0) is 0 Å². The minimum absolute atomic E-state index is 0.0720. The Kier molecular flexibility index (Phi) is 3.68. The van der Waals surface area contributed by atoms with Gasteiger partial charge >= 0.3 is 5.92 Å². The second-order valence-electron chi connectivity index (χ2n) is 3.00. The highest BCUT2D eigenvalue weighted by molar-refractivity contribution is 6.04. The summed E-state index contributed by atoms with van der Waals surface area (Å²) >= 11 is 0. The molecule has 16 heavy (non-hydrogen) atoms. The highest BCUT2D eigenvalue weighted by atomic mass is 19.3. The molecule has 0 radical (unpaired) electrons. The van der Waals surface area contributed by atoms with E-state index in [1.165, 1.54) is 24.5 Å².